The first-order valence-electron chi connectivity index (χ1n) is 8.29. The second-order valence-corrected chi connectivity index (χ2v) is 7.04. The van der Waals surface area contributed by atoms with Crippen molar-refractivity contribution >= 4 is 0 Å². The Bertz CT molecular complexity index is 484. The SMILES string of the molecule is CC(NC1CCC2(CCCC2)CC1)c1ccc(F)cc1F. The van der Waals surface area contributed by atoms with Crippen LogP contribution >= 0.6 is 0 Å². The molecule has 2 fully saturated rings. The van der Waals surface area contributed by atoms with Gasteiger partial charge in [0.25, 0.3) is 0 Å². The molecule has 1 atom stereocenters. The van der Waals surface area contributed by atoms with E-state index in [1.807, 2.05) is 6.92 Å². The molecule has 0 saturated heterocycles. The van der Waals surface area contributed by atoms with Crippen LogP contribution in [0.25, 0.3) is 0 Å². The fourth-order valence-electron chi connectivity index (χ4n) is 4.32. The second-order valence-electron chi connectivity index (χ2n) is 7.04. The lowest BCUT2D eigenvalue weighted by Gasteiger charge is -2.38. The monoisotopic (exact) mass is 293 g/mol. The minimum absolute atomic E-state index is 0.0618. The highest BCUT2D eigenvalue weighted by atomic mass is 19.1. The molecule has 2 aliphatic carbocycles. The van der Waals surface area contributed by atoms with Crippen LogP contribution in [0.1, 0.15) is 69.9 Å². The second kappa shape index (κ2) is 6.04. The van der Waals surface area contributed by atoms with E-state index < -0.39 is 11.6 Å². The minimum Gasteiger partial charge on any atom is -0.307 e. The molecule has 0 radical (unpaired) electrons. The van der Waals surface area contributed by atoms with Crippen molar-refractivity contribution in [3.8, 4) is 0 Å². The third-order valence-electron chi connectivity index (χ3n) is 5.63. The number of benzene rings is 1. The number of halogens is 2. The third-order valence-corrected chi connectivity index (χ3v) is 5.63. The highest BCUT2D eigenvalue weighted by Gasteiger charge is 2.37. The maximum Gasteiger partial charge on any atom is 0.130 e. The van der Waals surface area contributed by atoms with E-state index in [0.29, 0.717) is 17.0 Å². The van der Waals surface area contributed by atoms with Crippen molar-refractivity contribution in [1.82, 2.24) is 5.32 Å². The van der Waals surface area contributed by atoms with Crippen LogP contribution in [0.4, 0.5) is 8.78 Å². The van der Waals surface area contributed by atoms with Crippen LogP contribution < -0.4 is 5.32 Å². The summed E-state index contributed by atoms with van der Waals surface area (Å²) >= 11 is 0. The van der Waals surface area contributed by atoms with Crippen LogP contribution in [0.5, 0.6) is 0 Å². The van der Waals surface area contributed by atoms with Gasteiger partial charge in [-0.1, -0.05) is 18.9 Å². The lowest BCUT2D eigenvalue weighted by Crippen LogP contribution is -2.38. The van der Waals surface area contributed by atoms with Gasteiger partial charge in [-0.05, 0) is 56.9 Å². The van der Waals surface area contributed by atoms with Crippen molar-refractivity contribution in [2.45, 2.75) is 70.4 Å². The maximum absolute atomic E-state index is 13.8. The molecule has 1 aromatic rings. The van der Waals surface area contributed by atoms with Gasteiger partial charge in [0, 0.05) is 23.7 Å². The van der Waals surface area contributed by atoms with E-state index in [4.69, 9.17) is 0 Å². The van der Waals surface area contributed by atoms with E-state index in [0.717, 1.165) is 6.07 Å². The van der Waals surface area contributed by atoms with Gasteiger partial charge in [-0.15, -0.1) is 0 Å². The van der Waals surface area contributed by atoms with Crippen molar-refractivity contribution in [3.05, 3.63) is 35.4 Å². The van der Waals surface area contributed by atoms with Crippen molar-refractivity contribution < 1.29 is 8.78 Å². The van der Waals surface area contributed by atoms with Crippen LogP contribution in [0, 0.1) is 17.0 Å². The topological polar surface area (TPSA) is 12.0 Å². The van der Waals surface area contributed by atoms with Gasteiger partial charge in [-0.25, -0.2) is 8.78 Å². The summed E-state index contributed by atoms with van der Waals surface area (Å²) in [5.74, 6) is -0.956. The summed E-state index contributed by atoms with van der Waals surface area (Å²) in [5, 5.41) is 3.54. The van der Waals surface area contributed by atoms with E-state index in [2.05, 4.69) is 5.32 Å². The molecule has 1 N–H and O–H groups in total. The zero-order valence-electron chi connectivity index (χ0n) is 12.8. The van der Waals surface area contributed by atoms with E-state index in [9.17, 15) is 8.78 Å². The molecule has 1 aromatic carbocycles. The average molecular weight is 293 g/mol. The third kappa shape index (κ3) is 3.28. The summed E-state index contributed by atoms with van der Waals surface area (Å²) in [6, 6.07) is 4.28. The zero-order valence-corrected chi connectivity index (χ0v) is 12.8. The molecule has 0 heterocycles. The van der Waals surface area contributed by atoms with Gasteiger partial charge < -0.3 is 5.32 Å². The largest absolute Gasteiger partial charge is 0.307 e. The molecule has 3 rings (SSSR count). The Hall–Kier alpha value is -0.960. The molecule has 1 unspecified atom stereocenters. The predicted octanol–water partition coefficient (Wildman–Crippen LogP) is 5.12. The van der Waals surface area contributed by atoms with Crippen molar-refractivity contribution in [2.75, 3.05) is 0 Å². The van der Waals surface area contributed by atoms with Gasteiger partial charge in [-0.3, -0.25) is 0 Å². The minimum atomic E-state index is -0.510. The molecule has 1 spiro atoms. The fraction of sp³-hybridized carbons (Fsp3) is 0.667. The Kier molecular flexibility index (Phi) is 4.30. The zero-order chi connectivity index (χ0) is 14.9. The Morgan fingerprint density at radius 2 is 1.76 bits per heavy atom. The predicted molar refractivity (Wildman–Crippen MR) is 81.1 cm³/mol. The first kappa shape index (κ1) is 15.0. The first-order chi connectivity index (χ1) is 10.1. The molecule has 0 aromatic heterocycles. The highest BCUT2D eigenvalue weighted by molar-refractivity contribution is 5.21. The van der Waals surface area contributed by atoms with Gasteiger partial charge in [0.15, 0.2) is 0 Å². The van der Waals surface area contributed by atoms with E-state index in [-0.39, 0.29) is 6.04 Å². The van der Waals surface area contributed by atoms with Crippen LogP contribution in [-0.4, -0.2) is 6.04 Å². The molecule has 3 heteroatoms. The molecular weight excluding hydrogens is 268 g/mol. The molecule has 0 aliphatic heterocycles. The van der Waals surface area contributed by atoms with Gasteiger partial charge in [0.05, 0.1) is 0 Å². The first-order valence-corrected chi connectivity index (χ1v) is 8.29. The van der Waals surface area contributed by atoms with Crippen molar-refractivity contribution in [2.24, 2.45) is 5.41 Å². The van der Waals surface area contributed by atoms with E-state index in [1.54, 1.807) is 6.07 Å². The Morgan fingerprint density at radius 3 is 2.38 bits per heavy atom. The standard InChI is InChI=1S/C18H25F2N/c1-13(16-5-4-14(19)12-17(16)20)21-15-6-10-18(11-7-15)8-2-3-9-18/h4-5,12-13,15,21H,2-3,6-11H2,1H3. The molecular formula is C18H25F2N. The highest BCUT2D eigenvalue weighted by Crippen LogP contribution is 2.49. The molecule has 0 amide bonds. The number of nitrogens with one attached hydrogen (secondary N) is 1. The van der Waals surface area contributed by atoms with Gasteiger partial charge in [0.1, 0.15) is 11.6 Å². The lowest BCUT2D eigenvalue weighted by molar-refractivity contribution is 0.163. The summed E-state index contributed by atoms with van der Waals surface area (Å²) in [5.41, 5.74) is 1.19. The number of hydrogen-bond acceptors (Lipinski definition) is 1. The maximum atomic E-state index is 13.8. The van der Waals surface area contributed by atoms with Gasteiger partial charge >= 0.3 is 0 Å². The Balaban J connectivity index is 1.57. The van der Waals surface area contributed by atoms with Gasteiger partial charge in [-0.2, -0.15) is 0 Å². The summed E-state index contributed by atoms with van der Waals surface area (Å²) in [7, 11) is 0. The van der Waals surface area contributed by atoms with Crippen molar-refractivity contribution in [3.63, 3.8) is 0 Å². The van der Waals surface area contributed by atoms with Crippen molar-refractivity contribution in [1.29, 1.82) is 0 Å². The average Bonchev–Trinajstić information content (AvgIpc) is 2.90. The quantitative estimate of drug-likeness (QED) is 0.815. The summed E-state index contributed by atoms with van der Waals surface area (Å²) < 4.78 is 26.8. The number of hydrogen-bond donors (Lipinski definition) is 1. The van der Waals surface area contributed by atoms with Crippen LogP contribution in [-0.2, 0) is 0 Å². The Morgan fingerprint density at radius 1 is 1.10 bits per heavy atom. The smallest absolute Gasteiger partial charge is 0.130 e. The van der Waals surface area contributed by atoms with Crippen LogP contribution in [0.2, 0.25) is 0 Å². The molecule has 116 valence electrons. The Labute approximate surface area is 126 Å². The van der Waals surface area contributed by atoms with E-state index >= 15 is 0 Å². The molecule has 21 heavy (non-hydrogen) atoms. The summed E-state index contributed by atoms with van der Waals surface area (Å²) in [4.78, 5) is 0. The fourth-order valence-corrected chi connectivity index (χ4v) is 4.32. The summed E-state index contributed by atoms with van der Waals surface area (Å²) in [6.45, 7) is 1.97. The van der Waals surface area contributed by atoms with E-state index in [1.165, 1.54) is 57.4 Å². The van der Waals surface area contributed by atoms with Crippen LogP contribution in [0.3, 0.4) is 0 Å². The van der Waals surface area contributed by atoms with Crippen LogP contribution in [0.15, 0.2) is 18.2 Å². The normalized spacial score (nSPS) is 23.6. The molecule has 2 saturated carbocycles. The summed E-state index contributed by atoms with van der Waals surface area (Å²) in [6.07, 6.45) is 10.6. The molecule has 2 aliphatic rings. The van der Waals surface area contributed by atoms with Gasteiger partial charge in [0.2, 0.25) is 0 Å². The lowest BCUT2D eigenvalue weighted by atomic mass is 9.71. The molecule has 0 bridgehead atoms. The number of rotatable bonds is 3. The molecule has 1 nitrogen and oxygen atoms in total.